The quantitative estimate of drug-likeness (QED) is 0.275. The molecule has 0 saturated carbocycles. The van der Waals surface area contributed by atoms with E-state index < -0.39 is 59.8 Å². The number of rotatable bonds is 5. The largest absolute Gasteiger partial charge is 0.416 e. The minimum absolute atomic E-state index is 0.000659. The summed E-state index contributed by atoms with van der Waals surface area (Å²) in [6.45, 7) is -0.817. The number of imidazole rings is 1. The minimum Gasteiger partial charge on any atom is -0.341 e. The van der Waals surface area contributed by atoms with E-state index in [-0.39, 0.29) is 44.5 Å². The van der Waals surface area contributed by atoms with E-state index in [4.69, 9.17) is 11.6 Å². The van der Waals surface area contributed by atoms with Crippen LogP contribution in [-0.2, 0) is 12.7 Å². The van der Waals surface area contributed by atoms with Crippen molar-refractivity contribution in [3.05, 3.63) is 93.3 Å². The molecule has 2 amide bonds. The SMILES string of the molecule is O=C(Nc1cc2c(ncn2CC(F)F)c2c1[C@H](c1cc(F)ccc1Cl)NC2=O)c1cc(F)cc(C(F)(F)F)c1. The van der Waals surface area contributed by atoms with Gasteiger partial charge >= 0.3 is 6.18 Å². The Morgan fingerprint density at radius 1 is 1.10 bits per heavy atom. The number of hydrogen-bond acceptors (Lipinski definition) is 3. The molecule has 0 unspecified atom stereocenters. The first kappa shape index (κ1) is 26.5. The molecule has 202 valence electrons. The summed E-state index contributed by atoms with van der Waals surface area (Å²) in [5.41, 5.74) is -2.36. The van der Waals surface area contributed by atoms with Crippen LogP contribution < -0.4 is 10.6 Å². The molecule has 1 aliphatic rings. The molecule has 2 heterocycles. The van der Waals surface area contributed by atoms with E-state index in [1.165, 1.54) is 12.1 Å². The Hall–Kier alpha value is -4.13. The fraction of sp³-hybridized carbons (Fsp3) is 0.160. The Kier molecular flexibility index (Phi) is 6.49. The topological polar surface area (TPSA) is 76.0 Å². The zero-order chi connectivity index (χ0) is 28.2. The second-order valence-corrected chi connectivity index (χ2v) is 9.03. The maximum Gasteiger partial charge on any atom is 0.416 e. The van der Waals surface area contributed by atoms with Crippen LogP contribution in [0.1, 0.15) is 43.4 Å². The smallest absolute Gasteiger partial charge is 0.341 e. The van der Waals surface area contributed by atoms with Crippen molar-refractivity contribution in [2.45, 2.75) is 25.2 Å². The lowest BCUT2D eigenvalue weighted by atomic mass is 9.95. The van der Waals surface area contributed by atoms with Crippen LogP contribution in [0, 0.1) is 11.6 Å². The summed E-state index contributed by atoms with van der Waals surface area (Å²) in [6.07, 6.45) is -6.70. The highest BCUT2D eigenvalue weighted by Crippen LogP contribution is 2.42. The molecular weight excluding hydrogens is 557 g/mol. The van der Waals surface area contributed by atoms with Gasteiger partial charge in [-0.05, 0) is 42.5 Å². The van der Waals surface area contributed by atoms with Gasteiger partial charge in [0.15, 0.2) is 0 Å². The van der Waals surface area contributed by atoms with Gasteiger partial charge in [-0.2, -0.15) is 13.2 Å². The van der Waals surface area contributed by atoms with E-state index in [9.17, 15) is 40.3 Å². The highest BCUT2D eigenvalue weighted by molar-refractivity contribution is 6.31. The number of carbonyl (C=O) groups is 2. The number of fused-ring (bicyclic) bond motifs is 3. The van der Waals surface area contributed by atoms with Gasteiger partial charge in [0.25, 0.3) is 18.2 Å². The monoisotopic (exact) mass is 570 g/mol. The van der Waals surface area contributed by atoms with Gasteiger partial charge in [0.2, 0.25) is 0 Å². The van der Waals surface area contributed by atoms with Crippen LogP contribution in [-0.4, -0.2) is 27.8 Å². The lowest BCUT2D eigenvalue weighted by molar-refractivity contribution is -0.137. The number of amides is 2. The molecule has 3 aromatic carbocycles. The summed E-state index contributed by atoms with van der Waals surface area (Å²) in [5.74, 6) is -3.97. The molecule has 6 nitrogen and oxygen atoms in total. The molecule has 4 aromatic rings. The van der Waals surface area contributed by atoms with Gasteiger partial charge in [0, 0.05) is 27.4 Å². The third-order valence-electron chi connectivity index (χ3n) is 6.09. The first-order chi connectivity index (χ1) is 18.3. The van der Waals surface area contributed by atoms with Crippen LogP contribution in [0.25, 0.3) is 11.0 Å². The molecule has 2 N–H and O–H groups in total. The molecule has 0 saturated heterocycles. The second-order valence-electron chi connectivity index (χ2n) is 8.62. The first-order valence-corrected chi connectivity index (χ1v) is 11.5. The average molecular weight is 571 g/mol. The van der Waals surface area contributed by atoms with Crippen LogP contribution in [0.2, 0.25) is 5.02 Å². The number of halogens is 8. The van der Waals surface area contributed by atoms with Crippen molar-refractivity contribution in [2.75, 3.05) is 5.32 Å². The predicted octanol–water partition coefficient (Wildman–Crippen LogP) is 6.34. The number of alkyl halides is 5. The standard InChI is InChI=1S/C25H14ClF7N4O2/c26-15-2-1-12(27)6-14(15)21-19-16(35-23(38)10-3-11(25(31,32)33)5-13(28)4-10)7-17-22(20(19)24(39)36-21)34-9-37(17)8-18(29)30/h1-7,9,18,21H,8H2,(H,35,38)(H,36,39)/t21-/m0/s1. The number of carbonyl (C=O) groups excluding carboxylic acids is 2. The second kappa shape index (κ2) is 9.56. The van der Waals surface area contributed by atoms with E-state index in [2.05, 4.69) is 15.6 Å². The molecule has 5 rings (SSSR count). The van der Waals surface area contributed by atoms with Crippen LogP contribution in [0.5, 0.6) is 0 Å². The molecular formula is C25H14ClF7N4O2. The molecule has 0 spiro atoms. The summed E-state index contributed by atoms with van der Waals surface area (Å²) < 4.78 is 95.0. The van der Waals surface area contributed by atoms with E-state index >= 15 is 0 Å². The fourth-order valence-corrected chi connectivity index (χ4v) is 4.69. The number of nitrogens with one attached hydrogen (secondary N) is 2. The van der Waals surface area contributed by atoms with Crippen molar-refractivity contribution in [1.29, 1.82) is 0 Å². The van der Waals surface area contributed by atoms with Gasteiger partial charge in [-0.1, -0.05) is 11.6 Å². The Labute approximate surface area is 219 Å². The lowest BCUT2D eigenvalue weighted by Gasteiger charge is -2.19. The van der Waals surface area contributed by atoms with Crippen LogP contribution in [0.3, 0.4) is 0 Å². The van der Waals surface area contributed by atoms with E-state index in [0.717, 1.165) is 23.0 Å². The molecule has 0 aliphatic carbocycles. The maximum atomic E-state index is 14.1. The summed E-state index contributed by atoms with van der Waals surface area (Å²) in [4.78, 5) is 30.2. The zero-order valence-corrected chi connectivity index (χ0v) is 20.0. The van der Waals surface area contributed by atoms with Gasteiger partial charge in [-0.15, -0.1) is 0 Å². The molecule has 0 bridgehead atoms. The summed E-state index contributed by atoms with van der Waals surface area (Å²) in [5, 5.41) is 4.98. The number of aromatic nitrogens is 2. The number of nitrogens with zero attached hydrogens (tertiary/aromatic N) is 2. The van der Waals surface area contributed by atoms with Crippen molar-refractivity contribution >= 4 is 40.1 Å². The number of anilines is 1. The Balaban J connectivity index is 1.70. The normalized spacial score (nSPS) is 15.1. The lowest BCUT2D eigenvalue weighted by Crippen LogP contribution is -2.21. The minimum atomic E-state index is -4.95. The molecule has 0 fully saturated rings. The maximum absolute atomic E-state index is 14.1. The molecule has 39 heavy (non-hydrogen) atoms. The van der Waals surface area contributed by atoms with Crippen LogP contribution in [0.15, 0.2) is 48.8 Å². The van der Waals surface area contributed by atoms with Crippen molar-refractivity contribution in [2.24, 2.45) is 0 Å². The van der Waals surface area contributed by atoms with Crippen LogP contribution >= 0.6 is 11.6 Å². The van der Waals surface area contributed by atoms with Crippen molar-refractivity contribution < 1.29 is 40.3 Å². The van der Waals surface area contributed by atoms with Gasteiger partial charge in [0.1, 0.15) is 17.2 Å². The van der Waals surface area contributed by atoms with E-state index in [1.807, 2.05) is 0 Å². The summed E-state index contributed by atoms with van der Waals surface area (Å²) in [6, 6.07) is 4.61. The summed E-state index contributed by atoms with van der Waals surface area (Å²) >= 11 is 6.25. The molecule has 1 atom stereocenters. The van der Waals surface area contributed by atoms with E-state index in [0.29, 0.717) is 12.1 Å². The Bertz CT molecular complexity index is 1650. The van der Waals surface area contributed by atoms with Gasteiger partial charge in [0.05, 0.1) is 35.6 Å². The molecule has 14 heteroatoms. The highest BCUT2D eigenvalue weighted by Gasteiger charge is 2.38. The molecule has 0 radical (unpaired) electrons. The van der Waals surface area contributed by atoms with E-state index in [1.54, 1.807) is 0 Å². The van der Waals surface area contributed by atoms with Crippen LogP contribution in [0.4, 0.5) is 36.4 Å². The van der Waals surface area contributed by atoms with Crippen molar-refractivity contribution in [3.8, 4) is 0 Å². The summed E-state index contributed by atoms with van der Waals surface area (Å²) in [7, 11) is 0. The number of benzene rings is 3. The van der Waals surface area contributed by atoms with Crippen molar-refractivity contribution in [3.63, 3.8) is 0 Å². The third kappa shape index (κ3) is 4.89. The molecule has 1 aromatic heterocycles. The predicted molar refractivity (Wildman–Crippen MR) is 126 cm³/mol. The van der Waals surface area contributed by atoms with Gasteiger partial charge < -0.3 is 15.2 Å². The Morgan fingerprint density at radius 2 is 1.85 bits per heavy atom. The molecule has 1 aliphatic heterocycles. The third-order valence-corrected chi connectivity index (χ3v) is 6.43. The highest BCUT2D eigenvalue weighted by atomic mass is 35.5. The first-order valence-electron chi connectivity index (χ1n) is 11.1. The average Bonchev–Trinajstić information content (AvgIpc) is 3.40. The van der Waals surface area contributed by atoms with Gasteiger partial charge in [-0.3, -0.25) is 9.59 Å². The van der Waals surface area contributed by atoms with Crippen molar-refractivity contribution in [1.82, 2.24) is 14.9 Å². The fourth-order valence-electron chi connectivity index (χ4n) is 4.46. The van der Waals surface area contributed by atoms with Gasteiger partial charge in [-0.25, -0.2) is 22.5 Å². The zero-order valence-electron chi connectivity index (χ0n) is 19.2. The number of hydrogen-bond donors (Lipinski definition) is 2. The Morgan fingerprint density at radius 3 is 2.54 bits per heavy atom.